The lowest BCUT2D eigenvalue weighted by atomic mass is 9.94. The van der Waals surface area contributed by atoms with Gasteiger partial charge in [0.25, 0.3) is 0 Å². The molecule has 17 heavy (non-hydrogen) atoms. The molecule has 0 amide bonds. The van der Waals surface area contributed by atoms with Crippen LogP contribution in [0.3, 0.4) is 0 Å². The van der Waals surface area contributed by atoms with Crippen LogP contribution in [0, 0.1) is 17.8 Å². The SMILES string of the molecule is CC(C)C1CNC(C2CC2)CN1C(C)C1CC1. The first kappa shape index (κ1) is 12.0. The van der Waals surface area contributed by atoms with Crippen molar-refractivity contribution < 1.29 is 0 Å². The summed E-state index contributed by atoms with van der Waals surface area (Å²) in [5, 5.41) is 3.81. The first-order valence-electron chi connectivity index (χ1n) is 7.66. The molecule has 0 radical (unpaired) electrons. The Morgan fingerprint density at radius 3 is 2.29 bits per heavy atom. The minimum absolute atomic E-state index is 0.764. The second kappa shape index (κ2) is 4.55. The summed E-state index contributed by atoms with van der Waals surface area (Å²) in [5.74, 6) is 2.79. The van der Waals surface area contributed by atoms with Gasteiger partial charge in [-0.3, -0.25) is 4.90 Å². The second-order valence-corrected chi connectivity index (χ2v) is 6.94. The molecule has 1 heterocycles. The first-order chi connectivity index (χ1) is 8.16. The van der Waals surface area contributed by atoms with Crippen molar-refractivity contribution in [3.63, 3.8) is 0 Å². The number of nitrogens with one attached hydrogen (secondary N) is 1. The van der Waals surface area contributed by atoms with Crippen LogP contribution in [-0.2, 0) is 0 Å². The van der Waals surface area contributed by atoms with Gasteiger partial charge in [-0.25, -0.2) is 0 Å². The molecule has 3 fully saturated rings. The van der Waals surface area contributed by atoms with Crippen LogP contribution in [0.25, 0.3) is 0 Å². The van der Waals surface area contributed by atoms with Gasteiger partial charge in [-0.2, -0.15) is 0 Å². The average molecular weight is 236 g/mol. The van der Waals surface area contributed by atoms with Gasteiger partial charge in [-0.1, -0.05) is 13.8 Å². The van der Waals surface area contributed by atoms with Crippen LogP contribution in [0.4, 0.5) is 0 Å². The van der Waals surface area contributed by atoms with Crippen molar-refractivity contribution in [1.82, 2.24) is 10.2 Å². The summed E-state index contributed by atoms with van der Waals surface area (Å²) in [4.78, 5) is 2.85. The van der Waals surface area contributed by atoms with E-state index >= 15 is 0 Å². The molecule has 3 rings (SSSR count). The van der Waals surface area contributed by atoms with Crippen LogP contribution < -0.4 is 5.32 Å². The van der Waals surface area contributed by atoms with Crippen LogP contribution in [0.1, 0.15) is 46.5 Å². The summed E-state index contributed by atoms with van der Waals surface area (Å²) in [5.41, 5.74) is 0. The summed E-state index contributed by atoms with van der Waals surface area (Å²) in [6, 6.07) is 2.39. The van der Waals surface area contributed by atoms with Gasteiger partial charge in [0.15, 0.2) is 0 Å². The van der Waals surface area contributed by atoms with Crippen molar-refractivity contribution in [3.8, 4) is 0 Å². The van der Waals surface area contributed by atoms with E-state index in [-0.39, 0.29) is 0 Å². The molecule has 0 aromatic rings. The van der Waals surface area contributed by atoms with E-state index in [0.29, 0.717) is 0 Å². The fourth-order valence-corrected chi connectivity index (χ4v) is 3.57. The van der Waals surface area contributed by atoms with Gasteiger partial charge >= 0.3 is 0 Å². The Bertz CT molecular complexity index is 268. The van der Waals surface area contributed by atoms with Gasteiger partial charge in [0.05, 0.1) is 0 Å². The molecule has 1 saturated heterocycles. The van der Waals surface area contributed by atoms with E-state index in [1.165, 1.54) is 38.8 Å². The number of hydrogen-bond donors (Lipinski definition) is 1. The van der Waals surface area contributed by atoms with Gasteiger partial charge in [-0.15, -0.1) is 0 Å². The van der Waals surface area contributed by atoms with Gasteiger partial charge in [-0.05, 0) is 50.4 Å². The largest absolute Gasteiger partial charge is 0.311 e. The van der Waals surface area contributed by atoms with Gasteiger partial charge in [0.2, 0.25) is 0 Å². The molecule has 0 bridgehead atoms. The highest BCUT2D eigenvalue weighted by molar-refractivity contribution is 4.99. The maximum Gasteiger partial charge on any atom is 0.0247 e. The minimum Gasteiger partial charge on any atom is -0.311 e. The third-order valence-electron chi connectivity index (χ3n) is 5.21. The van der Waals surface area contributed by atoms with Crippen molar-refractivity contribution in [2.75, 3.05) is 13.1 Å². The fourth-order valence-electron chi connectivity index (χ4n) is 3.57. The van der Waals surface area contributed by atoms with E-state index in [4.69, 9.17) is 0 Å². The Kier molecular flexibility index (Phi) is 3.20. The van der Waals surface area contributed by atoms with Crippen LogP contribution in [-0.4, -0.2) is 36.1 Å². The highest BCUT2D eigenvalue weighted by atomic mass is 15.3. The molecule has 0 aromatic heterocycles. The molecule has 2 nitrogen and oxygen atoms in total. The quantitative estimate of drug-likeness (QED) is 0.807. The first-order valence-corrected chi connectivity index (χ1v) is 7.66. The number of rotatable bonds is 4. The predicted molar refractivity (Wildman–Crippen MR) is 72.0 cm³/mol. The molecule has 2 aliphatic carbocycles. The Morgan fingerprint density at radius 1 is 1.06 bits per heavy atom. The summed E-state index contributed by atoms with van der Waals surface area (Å²) in [7, 11) is 0. The molecule has 3 unspecified atom stereocenters. The third-order valence-corrected chi connectivity index (χ3v) is 5.21. The number of nitrogens with zero attached hydrogens (tertiary/aromatic N) is 1. The van der Waals surface area contributed by atoms with Crippen molar-refractivity contribution in [2.45, 2.75) is 64.6 Å². The summed E-state index contributed by atoms with van der Waals surface area (Å²) in [6.07, 6.45) is 5.89. The van der Waals surface area contributed by atoms with Gasteiger partial charge in [0.1, 0.15) is 0 Å². The van der Waals surface area contributed by atoms with E-state index < -0.39 is 0 Å². The van der Waals surface area contributed by atoms with E-state index in [1.807, 2.05) is 0 Å². The molecular formula is C15H28N2. The molecule has 0 spiro atoms. The molecule has 1 aliphatic heterocycles. The molecule has 3 aliphatic rings. The van der Waals surface area contributed by atoms with Crippen LogP contribution in [0.5, 0.6) is 0 Å². The van der Waals surface area contributed by atoms with Crippen molar-refractivity contribution in [2.24, 2.45) is 17.8 Å². The lowest BCUT2D eigenvalue weighted by Gasteiger charge is -2.46. The Hall–Kier alpha value is -0.0800. The van der Waals surface area contributed by atoms with Crippen LogP contribution >= 0.6 is 0 Å². The normalized spacial score (nSPS) is 37.4. The summed E-state index contributed by atoms with van der Waals surface area (Å²) < 4.78 is 0. The zero-order valence-electron chi connectivity index (χ0n) is 11.7. The zero-order valence-corrected chi connectivity index (χ0v) is 11.7. The van der Waals surface area contributed by atoms with Crippen LogP contribution in [0.15, 0.2) is 0 Å². The zero-order chi connectivity index (χ0) is 12.0. The molecule has 1 N–H and O–H groups in total. The van der Waals surface area contributed by atoms with Crippen molar-refractivity contribution in [1.29, 1.82) is 0 Å². The fraction of sp³-hybridized carbons (Fsp3) is 1.00. The van der Waals surface area contributed by atoms with E-state index in [2.05, 4.69) is 31.0 Å². The molecule has 2 heteroatoms. The van der Waals surface area contributed by atoms with E-state index in [1.54, 1.807) is 0 Å². The number of hydrogen-bond acceptors (Lipinski definition) is 2. The highest BCUT2D eigenvalue weighted by Gasteiger charge is 2.42. The average Bonchev–Trinajstić information content (AvgIpc) is 3.19. The monoisotopic (exact) mass is 236 g/mol. The van der Waals surface area contributed by atoms with Gasteiger partial charge in [0, 0.05) is 31.2 Å². The molecular weight excluding hydrogens is 208 g/mol. The van der Waals surface area contributed by atoms with Gasteiger partial charge < -0.3 is 5.32 Å². The predicted octanol–water partition coefficient (Wildman–Crippen LogP) is 2.49. The molecule has 0 aromatic carbocycles. The van der Waals surface area contributed by atoms with Crippen molar-refractivity contribution >= 4 is 0 Å². The minimum atomic E-state index is 0.764. The second-order valence-electron chi connectivity index (χ2n) is 6.94. The van der Waals surface area contributed by atoms with E-state index in [9.17, 15) is 0 Å². The Balaban J connectivity index is 1.67. The third kappa shape index (κ3) is 2.53. The van der Waals surface area contributed by atoms with Crippen LogP contribution in [0.2, 0.25) is 0 Å². The van der Waals surface area contributed by atoms with E-state index in [0.717, 1.165) is 35.9 Å². The molecule has 98 valence electrons. The molecule has 2 saturated carbocycles. The maximum atomic E-state index is 3.81. The molecule has 3 atom stereocenters. The Morgan fingerprint density at radius 2 is 1.76 bits per heavy atom. The topological polar surface area (TPSA) is 15.3 Å². The summed E-state index contributed by atoms with van der Waals surface area (Å²) in [6.45, 7) is 9.77. The number of piperazine rings is 1. The lowest BCUT2D eigenvalue weighted by molar-refractivity contribution is 0.0489. The summed E-state index contributed by atoms with van der Waals surface area (Å²) >= 11 is 0. The standard InChI is InChI=1S/C15H28N2/c1-10(2)15-8-16-14(13-6-7-13)9-17(15)11(3)12-4-5-12/h10-16H,4-9H2,1-3H3. The van der Waals surface area contributed by atoms with Crippen molar-refractivity contribution in [3.05, 3.63) is 0 Å². The maximum absolute atomic E-state index is 3.81. The Labute approximate surface area is 106 Å². The smallest absolute Gasteiger partial charge is 0.0247 e. The highest BCUT2D eigenvalue weighted by Crippen LogP contribution is 2.39. The lowest BCUT2D eigenvalue weighted by Crippen LogP contribution is -2.61.